The van der Waals surface area contributed by atoms with E-state index in [1.165, 1.54) is 6.20 Å². The first-order valence-corrected chi connectivity index (χ1v) is 4.01. The molecule has 0 saturated heterocycles. The minimum Gasteiger partial charge on any atom is -0.375 e. The summed E-state index contributed by atoms with van der Waals surface area (Å²) in [5.74, 6) is -0.363. The van der Waals surface area contributed by atoms with Gasteiger partial charge in [-0.2, -0.15) is 0 Å². The monoisotopic (exact) mass is 203 g/mol. The Labute approximate surface area is 77.3 Å². The highest BCUT2D eigenvalue weighted by molar-refractivity contribution is 7.80. The maximum Gasteiger partial charge on any atom is 0.283 e. The molecule has 1 aromatic heterocycles. The number of hydrogen-bond donors (Lipinski definition) is 3. The Hall–Kier alpha value is -1.28. The number of hydrogen-bond acceptors (Lipinski definition) is 5. The van der Waals surface area contributed by atoms with Gasteiger partial charge in [0, 0.05) is 0 Å². The number of nitrogens with one attached hydrogen (secondary N) is 2. The number of rotatable bonds is 1. The van der Waals surface area contributed by atoms with Crippen LogP contribution in [0.5, 0.6) is 0 Å². The number of nitrogens with two attached hydrogens (primary N) is 1. The Morgan fingerprint density at radius 1 is 1.67 bits per heavy atom. The third-order valence-corrected chi connectivity index (χ3v) is 1.65. The fourth-order valence-corrected chi connectivity index (χ4v) is 0.909. The van der Waals surface area contributed by atoms with E-state index in [1.807, 2.05) is 0 Å². The van der Waals surface area contributed by atoms with Crippen LogP contribution in [0.4, 0.5) is 0 Å². The third-order valence-electron chi connectivity index (χ3n) is 0.884. The molecule has 0 aromatic carbocycles. The van der Waals surface area contributed by atoms with Crippen LogP contribution in [0.25, 0.3) is 0 Å². The van der Waals surface area contributed by atoms with Crippen LogP contribution in [0.2, 0.25) is 0 Å². The van der Waals surface area contributed by atoms with Crippen molar-refractivity contribution < 1.29 is 4.79 Å². The van der Waals surface area contributed by atoms with Gasteiger partial charge in [0.05, 0.1) is 6.20 Å². The Bertz CT molecular complexity index is 284. The molecule has 1 rings (SSSR count). The number of hydrazine groups is 1. The lowest BCUT2D eigenvalue weighted by atomic mass is 10.5. The van der Waals surface area contributed by atoms with Crippen molar-refractivity contribution >= 4 is 34.8 Å². The molecule has 0 fully saturated rings. The van der Waals surface area contributed by atoms with E-state index in [2.05, 4.69) is 32.7 Å². The largest absolute Gasteiger partial charge is 0.375 e. The number of carbonyl (C=O) groups excluding carboxylic acids is 1. The molecule has 6 nitrogen and oxygen atoms in total. The van der Waals surface area contributed by atoms with Crippen molar-refractivity contribution in [3.63, 3.8) is 0 Å². The maximum atomic E-state index is 11.1. The summed E-state index contributed by atoms with van der Waals surface area (Å²) in [6, 6.07) is 0. The smallest absolute Gasteiger partial charge is 0.283 e. The summed E-state index contributed by atoms with van der Waals surface area (Å²) in [6.45, 7) is 0. The highest BCUT2D eigenvalue weighted by atomic mass is 32.1. The van der Waals surface area contributed by atoms with Crippen LogP contribution in [0.3, 0.4) is 0 Å². The summed E-state index contributed by atoms with van der Waals surface area (Å²) in [7, 11) is 0. The molecule has 4 N–H and O–H groups in total. The van der Waals surface area contributed by atoms with Crippen molar-refractivity contribution in [2.75, 3.05) is 0 Å². The molecular weight excluding hydrogens is 198 g/mol. The van der Waals surface area contributed by atoms with Crippen LogP contribution in [0.15, 0.2) is 6.20 Å². The summed E-state index contributed by atoms with van der Waals surface area (Å²) >= 11 is 5.45. The van der Waals surface area contributed by atoms with Crippen molar-refractivity contribution in [1.29, 1.82) is 0 Å². The van der Waals surface area contributed by atoms with Gasteiger partial charge in [-0.05, 0) is 23.8 Å². The number of carbonyl (C=O) groups is 1. The van der Waals surface area contributed by atoms with E-state index < -0.39 is 0 Å². The SMILES string of the molecule is NC(=S)NNC(=O)c1cnns1. The summed E-state index contributed by atoms with van der Waals surface area (Å²) in [4.78, 5) is 11.4. The lowest BCUT2D eigenvalue weighted by Gasteiger charge is -2.02. The number of aromatic nitrogens is 2. The lowest BCUT2D eigenvalue weighted by Crippen LogP contribution is -2.44. The van der Waals surface area contributed by atoms with Crippen LogP contribution in [0, 0.1) is 0 Å². The van der Waals surface area contributed by atoms with Gasteiger partial charge < -0.3 is 5.73 Å². The minimum atomic E-state index is -0.363. The van der Waals surface area contributed by atoms with Gasteiger partial charge >= 0.3 is 0 Å². The highest BCUT2D eigenvalue weighted by Gasteiger charge is 2.06. The summed E-state index contributed by atoms with van der Waals surface area (Å²) in [5.41, 5.74) is 9.63. The first-order chi connectivity index (χ1) is 5.70. The van der Waals surface area contributed by atoms with Crippen LogP contribution < -0.4 is 16.6 Å². The fraction of sp³-hybridized carbons (Fsp3) is 0. The molecule has 0 aliphatic rings. The van der Waals surface area contributed by atoms with Gasteiger partial charge in [0.1, 0.15) is 4.88 Å². The normalized spacial score (nSPS) is 9.00. The number of thiocarbonyl (C=S) groups is 1. The van der Waals surface area contributed by atoms with E-state index in [-0.39, 0.29) is 11.0 Å². The molecule has 0 spiro atoms. The van der Waals surface area contributed by atoms with Crippen molar-refractivity contribution in [1.82, 2.24) is 20.4 Å². The van der Waals surface area contributed by atoms with E-state index >= 15 is 0 Å². The van der Waals surface area contributed by atoms with Gasteiger partial charge in [-0.3, -0.25) is 15.6 Å². The molecule has 0 atom stereocenters. The van der Waals surface area contributed by atoms with E-state index in [0.29, 0.717) is 4.88 Å². The summed E-state index contributed by atoms with van der Waals surface area (Å²) in [5, 5.41) is 3.49. The van der Waals surface area contributed by atoms with Gasteiger partial charge in [0.25, 0.3) is 5.91 Å². The third kappa shape index (κ3) is 2.40. The molecule has 64 valence electrons. The second-order valence-corrected chi connectivity index (χ2v) is 2.95. The number of nitrogens with zero attached hydrogens (tertiary/aromatic N) is 2. The summed E-state index contributed by atoms with van der Waals surface area (Å²) < 4.78 is 3.51. The molecule has 1 aromatic rings. The van der Waals surface area contributed by atoms with E-state index in [1.54, 1.807) is 0 Å². The Balaban J connectivity index is 2.45. The second kappa shape index (κ2) is 3.93. The van der Waals surface area contributed by atoms with E-state index in [0.717, 1.165) is 11.5 Å². The molecule has 0 aliphatic carbocycles. The molecule has 0 radical (unpaired) electrons. The molecule has 12 heavy (non-hydrogen) atoms. The van der Waals surface area contributed by atoms with Gasteiger partial charge in [-0.15, -0.1) is 5.10 Å². The lowest BCUT2D eigenvalue weighted by molar-refractivity contribution is 0.0948. The minimum absolute atomic E-state index is 0.000763. The zero-order valence-electron chi connectivity index (χ0n) is 5.77. The van der Waals surface area contributed by atoms with Crippen molar-refractivity contribution in [2.45, 2.75) is 0 Å². The summed E-state index contributed by atoms with van der Waals surface area (Å²) in [6.07, 6.45) is 1.35. The molecule has 0 unspecified atom stereocenters. The molecule has 0 saturated carbocycles. The number of amides is 1. The average molecular weight is 203 g/mol. The van der Waals surface area contributed by atoms with Crippen LogP contribution in [-0.4, -0.2) is 20.6 Å². The predicted octanol–water partition coefficient (Wildman–Crippen LogP) is -0.984. The maximum absolute atomic E-state index is 11.1. The van der Waals surface area contributed by atoms with Gasteiger partial charge in [-0.25, -0.2) is 0 Å². The molecule has 1 heterocycles. The standard InChI is InChI=1S/C4H5N5OS2/c5-4(11)8-7-3(10)2-1-6-9-12-2/h1H,(H,7,10)(H3,5,8,11). The van der Waals surface area contributed by atoms with Gasteiger partial charge in [-0.1, -0.05) is 4.49 Å². The Morgan fingerprint density at radius 2 is 2.42 bits per heavy atom. The van der Waals surface area contributed by atoms with Gasteiger partial charge in [0.2, 0.25) is 0 Å². The molecule has 0 bridgehead atoms. The van der Waals surface area contributed by atoms with Crippen LogP contribution >= 0.6 is 23.8 Å². The molecule has 0 aliphatic heterocycles. The zero-order chi connectivity index (χ0) is 8.97. The highest BCUT2D eigenvalue weighted by Crippen LogP contribution is 1.99. The first-order valence-electron chi connectivity index (χ1n) is 2.83. The quantitative estimate of drug-likeness (QED) is 0.401. The van der Waals surface area contributed by atoms with E-state index in [9.17, 15) is 4.79 Å². The van der Waals surface area contributed by atoms with Gasteiger partial charge in [0.15, 0.2) is 5.11 Å². The average Bonchev–Trinajstić information content (AvgIpc) is 2.51. The fourth-order valence-electron chi connectivity index (χ4n) is 0.447. The molecule has 1 amide bonds. The Kier molecular flexibility index (Phi) is 2.88. The molecule has 8 heteroatoms. The Morgan fingerprint density at radius 3 is 2.92 bits per heavy atom. The topological polar surface area (TPSA) is 92.9 Å². The zero-order valence-corrected chi connectivity index (χ0v) is 7.41. The second-order valence-electron chi connectivity index (χ2n) is 1.73. The predicted molar refractivity (Wildman–Crippen MR) is 47.3 cm³/mol. The van der Waals surface area contributed by atoms with Crippen molar-refractivity contribution in [3.05, 3.63) is 11.1 Å². The van der Waals surface area contributed by atoms with E-state index in [4.69, 9.17) is 5.73 Å². The first kappa shape index (κ1) is 8.81. The van der Waals surface area contributed by atoms with Crippen LogP contribution in [0.1, 0.15) is 9.67 Å². The van der Waals surface area contributed by atoms with Crippen molar-refractivity contribution in [3.8, 4) is 0 Å². The van der Waals surface area contributed by atoms with Crippen molar-refractivity contribution in [2.24, 2.45) is 5.73 Å². The molecular formula is C4H5N5OS2. The van der Waals surface area contributed by atoms with Crippen LogP contribution in [-0.2, 0) is 0 Å².